The molecule has 0 saturated carbocycles. The Balaban J connectivity index is 3.54. The van der Waals surface area contributed by atoms with Crippen molar-refractivity contribution in [1.82, 2.24) is 4.90 Å². The van der Waals surface area contributed by atoms with Crippen molar-refractivity contribution in [3.63, 3.8) is 0 Å². The Labute approximate surface area is 62.8 Å². The predicted molar refractivity (Wildman–Crippen MR) is 36.4 cm³/mol. The summed E-state index contributed by atoms with van der Waals surface area (Å²) in [5, 5.41) is 10.8. The third kappa shape index (κ3) is 3.35. The van der Waals surface area contributed by atoms with Gasteiger partial charge in [0.2, 0.25) is 0 Å². The van der Waals surface area contributed by atoms with Gasteiger partial charge in [0.15, 0.2) is 0 Å². The molecular formula is C5H9BrNO2-. The van der Waals surface area contributed by atoms with Gasteiger partial charge in [0.25, 0.3) is 0 Å². The molecule has 4 heteroatoms. The van der Waals surface area contributed by atoms with Crippen molar-refractivity contribution in [2.24, 2.45) is 0 Å². The lowest BCUT2D eigenvalue weighted by Gasteiger charge is -2.21. The van der Waals surface area contributed by atoms with Gasteiger partial charge in [0.05, 0.1) is 0 Å². The number of amides is 1. The fourth-order valence-corrected chi connectivity index (χ4v) is 0.909. The average Bonchev–Trinajstić information content (AvgIpc) is 1.82. The van der Waals surface area contributed by atoms with E-state index in [2.05, 4.69) is 15.9 Å². The van der Waals surface area contributed by atoms with E-state index in [-0.39, 0.29) is 0 Å². The van der Waals surface area contributed by atoms with Gasteiger partial charge in [-0.2, -0.15) is 0 Å². The first kappa shape index (κ1) is 8.75. The van der Waals surface area contributed by atoms with Gasteiger partial charge < -0.3 is 14.8 Å². The maximum absolute atomic E-state index is 10.1. The zero-order valence-corrected chi connectivity index (χ0v) is 6.85. The summed E-state index contributed by atoms with van der Waals surface area (Å²) in [5.41, 5.74) is 0. The van der Waals surface area contributed by atoms with Gasteiger partial charge in [-0.3, -0.25) is 0 Å². The standard InChI is InChI=1S/C5H10BrNO2/c1-2-7(4-3-6)5(8)9/h2-4H2,1H3,(H,8,9)/p-1. The second-order valence-corrected chi connectivity index (χ2v) is 2.33. The van der Waals surface area contributed by atoms with Crippen molar-refractivity contribution in [2.45, 2.75) is 6.92 Å². The van der Waals surface area contributed by atoms with Gasteiger partial charge in [-0.25, -0.2) is 0 Å². The Morgan fingerprint density at radius 1 is 1.78 bits per heavy atom. The molecule has 0 rings (SSSR count). The number of alkyl halides is 1. The summed E-state index contributed by atoms with van der Waals surface area (Å²) < 4.78 is 0. The van der Waals surface area contributed by atoms with E-state index >= 15 is 0 Å². The largest absolute Gasteiger partial charge is 0.530 e. The molecule has 1 amide bonds. The van der Waals surface area contributed by atoms with Crippen LogP contribution in [0.5, 0.6) is 0 Å². The number of halogens is 1. The maximum atomic E-state index is 10.1. The number of carbonyl (C=O) groups excluding carboxylic acids is 1. The molecule has 0 heterocycles. The minimum atomic E-state index is -1.10. The molecule has 0 aromatic carbocycles. The number of carboxylic acid groups (broad SMARTS) is 1. The van der Waals surface area contributed by atoms with E-state index in [0.717, 1.165) is 0 Å². The Bertz CT molecular complexity index is 97.0. The van der Waals surface area contributed by atoms with Gasteiger partial charge in [0.1, 0.15) is 6.09 Å². The second-order valence-electron chi connectivity index (χ2n) is 1.53. The fourth-order valence-electron chi connectivity index (χ4n) is 0.481. The molecule has 0 spiro atoms. The maximum Gasteiger partial charge on any atom is 0.136 e. The van der Waals surface area contributed by atoms with Crippen LogP contribution in [0, 0.1) is 0 Å². The topological polar surface area (TPSA) is 43.4 Å². The van der Waals surface area contributed by atoms with E-state index in [0.29, 0.717) is 18.4 Å². The Hall–Kier alpha value is -0.250. The molecule has 0 aromatic heterocycles. The molecule has 3 nitrogen and oxygen atoms in total. The Morgan fingerprint density at radius 3 is 2.44 bits per heavy atom. The van der Waals surface area contributed by atoms with Gasteiger partial charge in [-0.1, -0.05) is 15.9 Å². The molecular weight excluding hydrogens is 186 g/mol. The van der Waals surface area contributed by atoms with Crippen molar-refractivity contribution in [1.29, 1.82) is 0 Å². The molecule has 0 bridgehead atoms. The highest BCUT2D eigenvalue weighted by Gasteiger charge is 1.96. The van der Waals surface area contributed by atoms with Crippen LogP contribution in [0.1, 0.15) is 6.92 Å². The number of carbonyl (C=O) groups is 1. The monoisotopic (exact) mass is 194 g/mol. The van der Waals surface area contributed by atoms with Crippen molar-refractivity contribution in [3.05, 3.63) is 0 Å². The zero-order chi connectivity index (χ0) is 7.28. The average molecular weight is 195 g/mol. The molecule has 0 atom stereocenters. The zero-order valence-electron chi connectivity index (χ0n) is 5.26. The number of nitrogens with zero attached hydrogens (tertiary/aromatic N) is 1. The van der Waals surface area contributed by atoms with Gasteiger partial charge >= 0.3 is 0 Å². The van der Waals surface area contributed by atoms with Crippen molar-refractivity contribution in [2.75, 3.05) is 18.4 Å². The van der Waals surface area contributed by atoms with Crippen LogP contribution in [0.4, 0.5) is 4.79 Å². The van der Waals surface area contributed by atoms with Gasteiger partial charge in [-0.05, 0) is 6.92 Å². The summed E-state index contributed by atoms with van der Waals surface area (Å²) in [4.78, 5) is 11.3. The highest BCUT2D eigenvalue weighted by Crippen LogP contribution is 1.88. The minimum Gasteiger partial charge on any atom is -0.530 e. The van der Waals surface area contributed by atoms with Gasteiger partial charge in [-0.15, -0.1) is 0 Å². The predicted octanol–water partition coefficient (Wildman–Crippen LogP) is 0.0465. The van der Waals surface area contributed by atoms with E-state index in [1.807, 2.05) is 0 Å². The Kier molecular flexibility index (Phi) is 4.48. The summed E-state index contributed by atoms with van der Waals surface area (Å²) in [5.74, 6) is 0. The summed E-state index contributed by atoms with van der Waals surface area (Å²) in [7, 11) is 0. The molecule has 54 valence electrons. The van der Waals surface area contributed by atoms with Crippen molar-refractivity contribution >= 4 is 22.0 Å². The van der Waals surface area contributed by atoms with Crippen molar-refractivity contribution < 1.29 is 9.90 Å². The van der Waals surface area contributed by atoms with Crippen LogP contribution in [-0.2, 0) is 0 Å². The highest BCUT2D eigenvalue weighted by molar-refractivity contribution is 9.09. The first-order chi connectivity index (χ1) is 4.22. The van der Waals surface area contributed by atoms with Crippen LogP contribution in [0.15, 0.2) is 0 Å². The number of hydrogen-bond acceptors (Lipinski definition) is 2. The third-order valence-electron chi connectivity index (χ3n) is 0.994. The SMILES string of the molecule is CCN(CCBr)C(=O)[O-]. The van der Waals surface area contributed by atoms with E-state index < -0.39 is 6.09 Å². The van der Waals surface area contributed by atoms with Gasteiger partial charge in [0, 0.05) is 18.4 Å². The van der Waals surface area contributed by atoms with E-state index in [4.69, 9.17) is 0 Å². The summed E-state index contributed by atoms with van der Waals surface area (Å²) in [6, 6.07) is 0. The molecule has 0 aliphatic heterocycles. The van der Waals surface area contributed by atoms with Crippen LogP contribution in [-0.4, -0.2) is 29.4 Å². The normalized spacial score (nSPS) is 9.11. The number of rotatable bonds is 3. The van der Waals surface area contributed by atoms with E-state index in [1.165, 1.54) is 4.90 Å². The molecule has 0 N–H and O–H groups in total. The smallest absolute Gasteiger partial charge is 0.136 e. The van der Waals surface area contributed by atoms with Crippen LogP contribution in [0.2, 0.25) is 0 Å². The Morgan fingerprint density at radius 2 is 2.33 bits per heavy atom. The fraction of sp³-hybridized carbons (Fsp3) is 0.800. The van der Waals surface area contributed by atoms with Crippen LogP contribution >= 0.6 is 15.9 Å². The summed E-state index contributed by atoms with van der Waals surface area (Å²) in [6.45, 7) is 2.77. The van der Waals surface area contributed by atoms with E-state index in [1.54, 1.807) is 6.92 Å². The molecule has 0 aliphatic carbocycles. The second kappa shape index (κ2) is 4.61. The molecule has 0 saturated heterocycles. The quantitative estimate of drug-likeness (QED) is 0.597. The molecule has 0 fully saturated rings. The summed E-state index contributed by atoms with van der Waals surface area (Å²) in [6.07, 6.45) is -1.10. The lowest BCUT2D eigenvalue weighted by atomic mass is 10.6. The molecule has 9 heavy (non-hydrogen) atoms. The summed E-state index contributed by atoms with van der Waals surface area (Å²) >= 11 is 3.13. The first-order valence-electron chi connectivity index (χ1n) is 2.74. The first-order valence-corrected chi connectivity index (χ1v) is 3.86. The molecule has 0 unspecified atom stereocenters. The lowest BCUT2D eigenvalue weighted by molar-refractivity contribution is -0.265. The van der Waals surface area contributed by atoms with Crippen LogP contribution in [0.3, 0.4) is 0 Å². The van der Waals surface area contributed by atoms with Crippen LogP contribution < -0.4 is 5.11 Å². The molecule has 0 radical (unpaired) electrons. The van der Waals surface area contributed by atoms with Crippen molar-refractivity contribution in [3.8, 4) is 0 Å². The molecule has 0 aromatic rings. The highest BCUT2D eigenvalue weighted by atomic mass is 79.9. The van der Waals surface area contributed by atoms with Crippen LogP contribution in [0.25, 0.3) is 0 Å². The van der Waals surface area contributed by atoms with E-state index in [9.17, 15) is 9.90 Å². The lowest BCUT2D eigenvalue weighted by Crippen LogP contribution is -2.41. The third-order valence-corrected chi connectivity index (χ3v) is 1.35. The minimum absolute atomic E-state index is 0.494. The molecule has 0 aliphatic rings. The number of hydrogen-bond donors (Lipinski definition) is 0.